The van der Waals surface area contributed by atoms with E-state index in [1.165, 1.54) is 16.1 Å². The number of fused-ring (bicyclic) bond motifs is 1. The number of carboxylic acid groups (broad SMARTS) is 2. The first kappa shape index (κ1) is 32.5. The Labute approximate surface area is 239 Å². The van der Waals surface area contributed by atoms with Crippen LogP contribution in [0.25, 0.3) is 22.3 Å². The van der Waals surface area contributed by atoms with Gasteiger partial charge in [-0.1, -0.05) is 36.4 Å². The maximum absolute atomic E-state index is 10.6. The Kier molecular flexibility index (Phi) is 10.7. The van der Waals surface area contributed by atoms with Crippen molar-refractivity contribution in [2.45, 2.75) is 37.7 Å². The molecule has 42 heavy (non-hydrogen) atoms. The van der Waals surface area contributed by atoms with Crippen LogP contribution in [0.1, 0.15) is 29.3 Å². The van der Waals surface area contributed by atoms with Gasteiger partial charge in [0, 0.05) is 35.6 Å². The molecule has 0 atom stereocenters. The number of rotatable bonds is 4. The summed E-state index contributed by atoms with van der Waals surface area (Å²) >= 11 is 1.85. The number of halogens is 6. The number of benzene rings is 1. The van der Waals surface area contributed by atoms with Crippen molar-refractivity contribution in [3.8, 4) is 11.3 Å². The molecule has 4 heterocycles. The van der Waals surface area contributed by atoms with Crippen LogP contribution in [0.3, 0.4) is 0 Å². The van der Waals surface area contributed by atoms with Gasteiger partial charge in [-0.25, -0.2) is 14.6 Å². The Morgan fingerprint density at radius 3 is 2.02 bits per heavy atom. The normalized spacial score (nSPS) is 14.5. The second-order valence-electron chi connectivity index (χ2n) is 9.22. The highest BCUT2D eigenvalue weighted by molar-refractivity contribution is 7.09. The molecule has 1 aliphatic rings. The summed E-state index contributed by atoms with van der Waals surface area (Å²) in [7, 11) is 2.07. The lowest BCUT2D eigenvalue weighted by Gasteiger charge is -2.31. The zero-order valence-corrected chi connectivity index (χ0v) is 22.9. The van der Waals surface area contributed by atoms with Gasteiger partial charge in [0.25, 0.3) is 0 Å². The number of aliphatic carboxylic acids is 2. The lowest BCUT2D eigenvalue weighted by Crippen LogP contribution is -2.32. The average Bonchev–Trinajstić information content (AvgIpc) is 3.58. The van der Waals surface area contributed by atoms with E-state index in [1.807, 2.05) is 23.7 Å². The molecule has 0 spiro atoms. The molecule has 8 nitrogen and oxygen atoms in total. The number of pyridine rings is 1. The highest BCUT2D eigenvalue weighted by atomic mass is 32.1. The van der Waals surface area contributed by atoms with E-state index in [2.05, 4.69) is 69.3 Å². The van der Waals surface area contributed by atoms with E-state index in [0.717, 1.165) is 49.2 Å². The number of aryl methyl sites for hydroxylation is 1. The van der Waals surface area contributed by atoms with Crippen molar-refractivity contribution >= 4 is 34.3 Å². The molecule has 1 fully saturated rings. The van der Waals surface area contributed by atoms with Crippen LogP contribution in [0.5, 0.6) is 0 Å². The molecule has 15 heteroatoms. The zero-order valence-electron chi connectivity index (χ0n) is 22.1. The van der Waals surface area contributed by atoms with Crippen LogP contribution in [0, 0.1) is 0 Å². The molecule has 1 saturated heterocycles. The van der Waals surface area contributed by atoms with E-state index in [9.17, 15) is 26.3 Å². The third-order valence-corrected chi connectivity index (χ3v) is 7.09. The predicted molar refractivity (Wildman–Crippen MR) is 143 cm³/mol. The van der Waals surface area contributed by atoms with Gasteiger partial charge in [-0.05, 0) is 43.4 Å². The van der Waals surface area contributed by atoms with E-state index < -0.39 is 24.3 Å². The smallest absolute Gasteiger partial charge is 0.475 e. The first-order valence-electron chi connectivity index (χ1n) is 12.4. The molecule has 0 amide bonds. The fourth-order valence-corrected chi connectivity index (χ4v) is 4.91. The van der Waals surface area contributed by atoms with Gasteiger partial charge in [0.1, 0.15) is 5.52 Å². The summed E-state index contributed by atoms with van der Waals surface area (Å²) in [6.45, 7) is 3.34. The summed E-state index contributed by atoms with van der Waals surface area (Å²) in [4.78, 5) is 31.6. The number of carboxylic acids is 2. The largest absolute Gasteiger partial charge is 0.490 e. The summed E-state index contributed by atoms with van der Waals surface area (Å²) in [6.07, 6.45) is -5.95. The summed E-state index contributed by atoms with van der Waals surface area (Å²) < 4.78 is 65.6. The molecule has 0 saturated carbocycles. The van der Waals surface area contributed by atoms with Crippen LogP contribution in [0.2, 0.25) is 0 Å². The number of carbonyl (C=O) groups is 2. The maximum atomic E-state index is 10.6. The average molecular weight is 617 g/mol. The van der Waals surface area contributed by atoms with Gasteiger partial charge in [0.05, 0.1) is 17.5 Å². The van der Waals surface area contributed by atoms with Gasteiger partial charge in [-0.2, -0.15) is 26.3 Å². The zero-order chi connectivity index (χ0) is 31.1. The molecule has 0 unspecified atom stereocenters. The van der Waals surface area contributed by atoms with E-state index in [0.29, 0.717) is 5.92 Å². The topological polar surface area (TPSA) is 109 Å². The van der Waals surface area contributed by atoms with Crippen LogP contribution in [-0.2, 0) is 23.2 Å². The Balaban J connectivity index is 0.000000289. The lowest BCUT2D eigenvalue weighted by atomic mass is 9.92. The number of aromatic nitrogens is 3. The number of nitrogens with zero attached hydrogens (tertiary/aromatic N) is 4. The fourth-order valence-electron chi connectivity index (χ4n) is 4.16. The summed E-state index contributed by atoms with van der Waals surface area (Å²) in [5.41, 5.74) is 5.53. The number of imidazole rings is 1. The van der Waals surface area contributed by atoms with Crippen molar-refractivity contribution in [2.24, 2.45) is 7.05 Å². The van der Waals surface area contributed by atoms with Crippen LogP contribution in [-0.4, -0.2) is 67.0 Å². The molecular weight excluding hydrogens is 590 g/mol. The van der Waals surface area contributed by atoms with E-state index in [4.69, 9.17) is 24.8 Å². The van der Waals surface area contributed by atoms with Gasteiger partial charge in [0.15, 0.2) is 0 Å². The highest BCUT2D eigenvalue weighted by Gasteiger charge is 2.38. The number of hydrogen-bond donors (Lipinski definition) is 2. The molecule has 0 radical (unpaired) electrons. The number of alkyl halides is 6. The molecule has 1 aromatic carbocycles. The van der Waals surface area contributed by atoms with Crippen molar-refractivity contribution in [3.63, 3.8) is 0 Å². The summed E-state index contributed by atoms with van der Waals surface area (Å²) in [6, 6.07) is 17.1. The van der Waals surface area contributed by atoms with Crippen molar-refractivity contribution in [1.29, 1.82) is 0 Å². The minimum atomic E-state index is -5.08. The van der Waals surface area contributed by atoms with Crippen LogP contribution >= 0.6 is 11.3 Å². The van der Waals surface area contributed by atoms with Gasteiger partial charge < -0.3 is 14.8 Å². The van der Waals surface area contributed by atoms with Crippen molar-refractivity contribution in [2.75, 3.05) is 13.1 Å². The monoisotopic (exact) mass is 616 g/mol. The summed E-state index contributed by atoms with van der Waals surface area (Å²) in [5.74, 6) is -5.00. The SMILES string of the molecule is Cn1cnc2c(-c3ccccc3)nc(C3CCN(Cc4cccs4)CC3)cc21.O=C(O)C(F)(F)F.O=C(O)C(F)(F)F. The van der Waals surface area contributed by atoms with Gasteiger partial charge >= 0.3 is 24.3 Å². The molecule has 1 aliphatic heterocycles. The molecule has 226 valence electrons. The number of thiophene rings is 1. The standard InChI is InChI=1S/C23H24N4S.2C2HF3O2/c1-26-16-24-23-21(26)14-20(25-22(23)18-6-3-2-4-7-18)17-9-11-27(12-10-17)15-19-8-5-13-28-19;2*3-2(4,5)1(6)7/h2-8,13-14,16-17H,9-12,15H2,1H3;2*(H,6,7). The van der Waals surface area contributed by atoms with Crippen LogP contribution in [0.4, 0.5) is 26.3 Å². The molecule has 2 N–H and O–H groups in total. The van der Waals surface area contributed by atoms with Crippen molar-refractivity contribution < 1.29 is 46.1 Å². The minimum absolute atomic E-state index is 0.515. The van der Waals surface area contributed by atoms with E-state index >= 15 is 0 Å². The van der Waals surface area contributed by atoms with Gasteiger partial charge in [-0.15, -0.1) is 11.3 Å². The predicted octanol–water partition coefficient (Wildman–Crippen LogP) is 6.34. The lowest BCUT2D eigenvalue weighted by molar-refractivity contribution is -0.193. The molecule has 0 bridgehead atoms. The fraction of sp³-hybridized carbons (Fsp3) is 0.333. The highest BCUT2D eigenvalue weighted by Crippen LogP contribution is 2.33. The van der Waals surface area contributed by atoms with Crippen LogP contribution < -0.4 is 0 Å². The third kappa shape index (κ3) is 9.01. The number of likely N-dealkylation sites (tertiary alicyclic amines) is 1. The first-order valence-corrected chi connectivity index (χ1v) is 13.3. The second kappa shape index (κ2) is 13.8. The van der Waals surface area contributed by atoms with Crippen molar-refractivity contribution in [3.05, 3.63) is 70.8 Å². The van der Waals surface area contributed by atoms with Gasteiger partial charge in [0.2, 0.25) is 0 Å². The molecular formula is C27H26F6N4O4S. The minimum Gasteiger partial charge on any atom is -0.475 e. The third-order valence-electron chi connectivity index (χ3n) is 6.23. The maximum Gasteiger partial charge on any atom is 0.490 e. The quantitative estimate of drug-likeness (QED) is 0.258. The Bertz CT molecular complexity index is 1440. The Morgan fingerprint density at radius 2 is 1.52 bits per heavy atom. The Hall–Kier alpha value is -3.98. The van der Waals surface area contributed by atoms with Crippen LogP contribution in [0.15, 0.2) is 60.2 Å². The van der Waals surface area contributed by atoms with E-state index in [-0.39, 0.29) is 0 Å². The molecule has 5 rings (SSSR count). The molecule has 3 aromatic heterocycles. The number of piperidine rings is 1. The van der Waals surface area contributed by atoms with Crippen molar-refractivity contribution in [1.82, 2.24) is 19.4 Å². The molecule has 0 aliphatic carbocycles. The van der Waals surface area contributed by atoms with Gasteiger partial charge in [-0.3, -0.25) is 9.88 Å². The second-order valence-corrected chi connectivity index (χ2v) is 10.3. The number of hydrogen-bond acceptors (Lipinski definition) is 6. The van der Waals surface area contributed by atoms with E-state index in [1.54, 1.807) is 0 Å². The first-order chi connectivity index (χ1) is 19.7. The summed E-state index contributed by atoms with van der Waals surface area (Å²) in [5, 5.41) is 16.4. The molecule has 4 aromatic rings. The Morgan fingerprint density at radius 1 is 0.952 bits per heavy atom.